The summed E-state index contributed by atoms with van der Waals surface area (Å²) in [7, 11) is 0. The van der Waals surface area contributed by atoms with Crippen LogP contribution in [0, 0.1) is 0 Å². The molecule has 0 saturated heterocycles. The second kappa shape index (κ2) is 7.31. The van der Waals surface area contributed by atoms with Crippen molar-refractivity contribution in [2.24, 2.45) is 0 Å². The standard InChI is InChI=1S/C20H20N2O4/c1-12(2)14-8-15(17(24)9-16(14)23)18-19(26-11-22-18)20(25)21-10-13-6-4-3-5-7-13/h3-9,11-12,23-24H,10H2,1-2H3,(H,21,25). The molecule has 26 heavy (non-hydrogen) atoms. The number of nitrogens with one attached hydrogen (secondary N) is 1. The maximum Gasteiger partial charge on any atom is 0.289 e. The smallest absolute Gasteiger partial charge is 0.289 e. The summed E-state index contributed by atoms with van der Waals surface area (Å²) >= 11 is 0. The van der Waals surface area contributed by atoms with E-state index in [1.54, 1.807) is 6.07 Å². The SMILES string of the molecule is CC(C)c1cc(-c2ncoc2C(=O)NCc2ccccc2)c(O)cc1O. The molecule has 3 aromatic rings. The number of hydrogen-bond acceptors (Lipinski definition) is 5. The molecular weight excluding hydrogens is 332 g/mol. The molecular formula is C20H20N2O4. The van der Waals surface area contributed by atoms with Gasteiger partial charge >= 0.3 is 0 Å². The van der Waals surface area contributed by atoms with Gasteiger partial charge in [-0.25, -0.2) is 4.98 Å². The summed E-state index contributed by atoms with van der Waals surface area (Å²) in [4.78, 5) is 16.6. The zero-order valence-corrected chi connectivity index (χ0v) is 14.6. The Bertz CT molecular complexity index is 917. The van der Waals surface area contributed by atoms with Gasteiger partial charge in [0.05, 0.1) is 0 Å². The van der Waals surface area contributed by atoms with Crippen LogP contribution in [0.4, 0.5) is 0 Å². The first-order valence-corrected chi connectivity index (χ1v) is 8.29. The normalized spacial score (nSPS) is 10.9. The van der Waals surface area contributed by atoms with E-state index in [2.05, 4.69) is 10.3 Å². The van der Waals surface area contributed by atoms with Gasteiger partial charge in [-0.15, -0.1) is 0 Å². The van der Waals surface area contributed by atoms with Crippen molar-refractivity contribution in [3.05, 3.63) is 65.7 Å². The minimum atomic E-state index is -0.431. The van der Waals surface area contributed by atoms with Gasteiger partial charge in [0.2, 0.25) is 5.76 Å². The summed E-state index contributed by atoms with van der Waals surface area (Å²) in [6.07, 6.45) is 1.16. The zero-order chi connectivity index (χ0) is 18.7. The fourth-order valence-electron chi connectivity index (χ4n) is 2.70. The first-order chi connectivity index (χ1) is 12.5. The second-order valence-corrected chi connectivity index (χ2v) is 6.28. The second-order valence-electron chi connectivity index (χ2n) is 6.28. The molecule has 3 rings (SSSR count). The van der Waals surface area contributed by atoms with Crippen molar-refractivity contribution in [1.29, 1.82) is 0 Å². The van der Waals surface area contributed by atoms with Crippen LogP contribution in [0.15, 0.2) is 53.3 Å². The Labute approximate surface area is 151 Å². The lowest BCUT2D eigenvalue weighted by molar-refractivity contribution is 0.0924. The number of amides is 1. The number of nitrogens with zero attached hydrogens (tertiary/aromatic N) is 1. The molecule has 134 valence electrons. The molecule has 0 atom stereocenters. The molecule has 0 bridgehead atoms. The van der Waals surface area contributed by atoms with Crippen molar-refractivity contribution in [2.45, 2.75) is 26.3 Å². The molecule has 0 radical (unpaired) electrons. The van der Waals surface area contributed by atoms with E-state index in [4.69, 9.17) is 4.42 Å². The largest absolute Gasteiger partial charge is 0.508 e. The van der Waals surface area contributed by atoms with Gasteiger partial charge in [-0.1, -0.05) is 44.2 Å². The fourth-order valence-corrected chi connectivity index (χ4v) is 2.70. The molecule has 0 aliphatic rings. The molecule has 1 aromatic heterocycles. The summed E-state index contributed by atoms with van der Waals surface area (Å²) in [6.45, 7) is 4.19. The van der Waals surface area contributed by atoms with E-state index >= 15 is 0 Å². The van der Waals surface area contributed by atoms with Crippen LogP contribution in [0.5, 0.6) is 11.5 Å². The third-order valence-electron chi connectivity index (χ3n) is 4.09. The summed E-state index contributed by atoms with van der Waals surface area (Å²) in [6, 6.07) is 12.4. The molecule has 2 aromatic carbocycles. The van der Waals surface area contributed by atoms with E-state index in [1.807, 2.05) is 44.2 Å². The van der Waals surface area contributed by atoms with Gasteiger partial charge in [0.1, 0.15) is 17.2 Å². The molecule has 3 N–H and O–H groups in total. The quantitative estimate of drug-likeness (QED) is 0.649. The van der Waals surface area contributed by atoms with Gasteiger partial charge in [-0.05, 0) is 23.1 Å². The highest BCUT2D eigenvalue weighted by atomic mass is 16.3. The van der Waals surface area contributed by atoms with Gasteiger partial charge in [0.25, 0.3) is 5.91 Å². The van der Waals surface area contributed by atoms with Gasteiger partial charge in [0, 0.05) is 18.2 Å². The van der Waals surface area contributed by atoms with Crippen LogP contribution in [0.1, 0.15) is 41.4 Å². The number of phenolic OH excluding ortho intramolecular Hbond substituents is 2. The first kappa shape index (κ1) is 17.5. The van der Waals surface area contributed by atoms with Gasteiger partial charge in [-0.3, -0.25) is 4.79 Å². The minimum absolute atomic E-state index is 0.000163. The third kappa shape index (κ3) is 3.54. The Kier molecular flexibility index (Phi) is 4.93. The van der Waals surface area contributed by atoms with Crippen molar-refractivity contribution >= 4 is 5.91 Å². The molecule has 0 fully saturated rings. The van der Waals surface area contributed by atoms with E-state index < -0.39 is 5.91 Å². The number of benzene rings is 2. The lowest BCUT2D eigenvalue weighted by atomic mass is 9.97. The Morgan fingerprint density at radius 1 is 1.15 bits per heavy atom. The average Bonchev–Trinajstić information content (AvgIpc) is 3.10. The minimum Gasteiger partial charge on any atom is -0.508 e. The number of phenols is 2. The van der Waals surface area contributed by atoms with E-state index in [-0.39, 0.29) is 28.9 Å². The van der Waals surface area contributed by atoms with Crippen molar-refractivity contribution in [3.63, 3.8) is 0 Å². The van der Waals surface area contributed by atoms with Crippen molar-refractivity contribution in [3.8, 4) is 22.8 Å². The molecule has 6 nitrogen and oxygen atoms in total. The number of carbonyl (C=O) groups excluding carboxylic acids is 1. The highest BCUT2D eigenvalue weighted by Gasteiger charge is 2.22. The first-order valence-electron chi connectivity index (χ1n) is 8.29. The lowest BCUT2D eigenvalue weighted by Gasteiger charge is -2.12. The lowest BCUT2D eigenvalue weighted by Crippen LogP contribution is -2.22. The highest BCUT2D eigenvalue weighted by molar-refractivity contribution is 5.97. The summed E-state index contributed by atoms with van der Waals surface area (Å²) in [5.41, 5.74) is 2.17. The Morgan fingerprint density at radius 3 is 2.58 bits per heavy atom. The van der Waals surface area contributed by atoms with Crippen LogP contribution in [0.2, 0.25) is 0 Å². The monoisotopic (exact) mass is 352 g/mol. The van der Waals surface area contributed by atoms with E-state index in [0.717, 1.165) is 12.0 Å². The number of aromatic hydroxyl groups is 2. The maximum atomic E-state index is 12.5. The number of oxazole rings is 1. The van der Waals surface area contributed by atoms with Crippen LogP contribution in [0.3, 0.4) is 0 Å². The van der Waals surface area contributed by atoms with E-state index in [1.165, 1.54) is 6.07 Å². The predicted molar refractivity (Wildman–Crippen MR) is 97.0 cm³/mol. The number of rotatable bonds is 5. The number of aromatic nitrogens is 1. The van der Waals surface area contributed by atoms with E-state index in [0.29, 0.717) is 17.7 Å². The molecule has 0 spiro atoms. The van der Waals surface area contributed by atoms with Crippen LogP contribution in [-0.4, -0.2) is 21.1 Å². The molecule has 1 heterocycles. The van der Waals surface area contributed by atoms with Crippen molar-refractivity contribution in [1.82, 2.24) is 10.3 Å². The van der Waals surface area contributed by atoms with Crippen molar-refractivity contribution in [2.75, 3.05) is 0 Å². The van der Waals surface area contributed by atoms with Crippen LogP contribution >= 0.6 is 0 Å². The summed E-state index contributed by atoms with van der Waals surface area (Å²) in [5.74, 6) is -0.550. The topological polar surface area (TPSA) is 95.6 Å². The molecule has 1 amide bonds. The van der Waals surface area contributed by atoms with Gasteiger partial charge in [0.15, 0.2) is 6.39 Å². The van der Waals surface area contributed by atoms with Gasteiger partial charge in [-0.2, -0.15) is 0 Å². The predicted octanol–water partition coefficient (Wildman–Crippen LogP) is 3.81. The molecule has 0 aliphatic carbocycles. The average molecular weight is 352 g/mol. The van der Waals surface area contributed by atoms with Crippen LogP contribution in [0.25, 0.3) is 11.3 Å². The van der Waals surface area contributed by atoms with Crippen LogP contribution < -0.4 is 5.32 Å². The molecule has 0 aliphatic heterocycles. The third-order valence-corrected chi connectivity index (χ3v) is 4.09. The maximum absolute atomic E-state index is 12.5. The number of carbonyl (C=O) groups is 1. The summed E-state index contributed by atoms with van der Waals surface area (Å²) < 4.78 is 5.26. The molecule has 0 unspecified atom stereocenters. The highest BCUT2D eigenvalue weighted by Crippen LogP contribution is 2.38. The van der Waals surface area contributed by atoms with Gasteiger partial charge < -0.3 is 19.9 Å². The molecule has 0 saturated carbocycles. The molecule has 6 heteroatoms. The van der Waals surface area contributed by atoms with Crippen molar-refractivity contribution < 1.29 is 19.4 Å². The van der Waals surface area contributed by atoms with E-state index in [9.17, 15) is 15.0 Å². The Morgan fingerprint density at radius 2 is 1.88 bits per heavy atom. The Balaban J connectivity index is 1.89. The summed E-state index contributed by atoms with van der Waals surface area (Å²) in [5, 5.41) is 23.0. The zero-order valence-electron chi connectivity index (χ0n) is 14.6. The van der Waals surface area contributed by atoms with Crippen LogP contribution in [-0.2, 0) is 6.54 Å². The number of hydrogen-bond donors (Lipinski definition) is 3. The fraction of sp³-hybridized carbons (Fsp3) is 0.200. The Hall–Kier alpha value is -3.28.